The second-order valence-corrected chi connectivity index (χ2v) is 8.75. The van der Waals surface area contributed by atoms with E-state index >= 15 is 0 Å². The topological polar surface area (TPSA) is 36.9 Å². The van der Waals surface area contributed by atoms with Crippen LogP contribution in [0, 0.1) is 0 Å². The lowest BCUT2D eigenvalue weighted by Crippen LogP contribution is -2.44. The van der Waals surface area contributed by atoms with Crippen LogP contribution >= 0.6 is 15.9 Å². The second-order valence-electron chi connectivity index (χ2n) is 7.69. The van der Waals surface area contributed by atoms with Crippen molar-refractivity contribution >= 4 is 30.2 Å². The Hall–Kier alpha value is 0.450. The van der Waals surface area contributed by atoms with Crippen LogP contribution in [0.25, 0.3) is 0 Å². The lowest BCUT2D eigenvalue weighted by atomic mass is 9.63. The van der Waals surface area contributed by atoms with Gasteiger partial charge in [0.25, 0.3) is 0 Å². The van der Waals surface area contributed by atoms with Crippen LogP contribution in [0.15, 0.2) is 0 Å². The Balaban J connectivity index is 2.10. The van der Waals surface area contributed by atoms with Crippen LogP contribution in [0.4, 0.5) is 0 Å². The first-order chi connectivity index (χ1) is 8.79. The molecular formula is C13H25B2BrO4. The zero-order chi connectivity index (χ0) is 15.6. The van der Waals surface area contributed by atoms with Crippen LogP contribution in [0.5, 0.6) is 0 Å². The molecule has 7 heteroatoms. The molecule has 0 bridgehead atoms. The van der Waals surface area contributed by atoms with Crippen molar-refractivity contribution in [1.82, 2.24) is 0 Å². The highest BCUT2D eigenvalue weighted by Crippen LogP contribution is 2.43. The van der Waals surface area contributed by atoms with Gasteiger partial charge in [-0.2, -0.15) is 0 Å². The molecule has 2 heterocycles. The summed E-state index contributed by atoms with van der Waals surface area (Å²) >= 11 is 3.64. The van der Waals surface area contributed by atoms with E-state index in [1.807, 2.05) is 55.4 Å². The summed E-state index contributed by atoms with van der Waals surface area (Å²) in [6, 6.07) is 0. The Bertz CT molecular complexity index is 330. The van der Waals surface area contributed by atoms with Gasteiger partial charge < -0.3 is 18.6 Å². The van der Waals surface area contributed by atoms with Crippen LogP contribution in [0.1, 0.15) is 55.4 Å². The van der Waals surface area contributed by atoms with Crippen LogP contribution in [0.2, 0.25) is 0 Å². The quantitative estimate of drug-likeness (QED) is 0.569. The number of hydrogen-bond acceptors (Lipinski definition) is 4. The van der Waals surface area contributed by atoms with Gasteiger partial charge in [0.1, 0.15) is 0 Å². The highest BCUT2D eigenvalue weighted by molar-refractivity contribution is 9.10. The lowest BCUT2D eigenvalue weighted by molar-refractivity contribution is 0.00578. The number of alkyl halides is 1. The van der Waals surface area contributed by atoms with Gasteiger partial charge in [-0.05, 0) is 55.4 Å². The predicted octanol–water partition coefficient (Wildman–Crippen LogP) is 3.01. The molecule has 0 aromatic rings. The highest BCUT2D eigenvalue weighted by atomic mass is 79.9. The van der Waals surface area contributed by atoms with E-state index in [0.29, 0.717) is 0 Å². The van der Waals surface area contributed by atoms with Gasteiger partial charge in [-0.15, -0.1) is 0 Å². The van der Waals surface area contributed by atoms with E-state index in [-0.39, 0.29) is 27.0 Å². The molecule has 4 nitrogen and oxygen atoms in total. The highest BCUT2D eigenvalue weighted by Gasteiger charge is 2.61. The Kier molecular flexibility index (Phi) is 3.97. The summed E-state index contributed by atoms with van der Waals surface area (Å²) in [4.78, 5) is 0. The van der Waals surface area contributed by atoms with E-state index in [2.05, 4.69) is 15.9 Å². The van der Waals surface area contributed by atoms with Crippen molar-refractivity contribution in [1.29, 1.82) is 0 Å². The number of hydrogen-bond donors (Lipinski definition) is 0. The lowest BCUT2D eigenvalue weighted by Gasteiger charge is -2.32. The molecule has 0 unspecified atom stereocenters. The molecule has 0 aliphatic carbocycles. The maximum absolute atomic E-state index is 6.05. The van der Waals surface area contributed by atoms with Gasteiger partial charge in [0.2, 0.25) is 0 Å². The Morgan fingerprint density at radius 1 is 0.600 bits per heavy atom. The normalized spacial score (nSPS) is 30.3. The summed E-state index contributed by atoms with van der Waals surface area (Å²) < 4.78 is 24.0. The van der Waals surface area contributed by atoms with Crippen molar-refractivity contribution in [2.45, 2.75) is 82.4 Å². The van der Waals surface area contributed by atoms with Crippen molar-refractivity contribution < 1.29 is 18.6 Å². The molecule has 0 amide bonds. The maximum Gasteiger partial charge on any atom is 0.470 e. The van der Waals surface area contributed by atoms with Gasteiger partial charge in [-0.1, -0.05) is 15.9 Å². The summed E-state index contributed by atoms with van der Waals surface area (Å²) in [5, 5.41) is 0. The molecule has 0 radical (unpaired) electrons. The second kappa shape index (κ2) is 4.72. The molecule has 0 N–H and O–H groups in total. The molecule has 0 spiro atoms. The minimum Gasteiger partial charge on any atom is -0.403 e. The average molecular weight is 347 g/mol. The SMILES string of the molecule is CC1(C)OB(C(Br)B2OC(C)(C)C(C)(C)O2)OC1(C)C. The summed E-state index contributed by atoms with van der Waals surface area (Å²) in [5.74, 6) is 0. The number of rotatable bonds is 2. The molecule has 2 aliphatic rings. The molecule has 2 saturated heterocycles. The summed E-state index contributed by atoms with van der Waals surface area (Å²) in [7, 11) is -0.788. The molecule has 2 fully saturated rings. The average Bonchev–Trinajstić information content (AvgIpc) is 2.57. The zero-order valence-corrected chi connectivity index (χ0v) is 15.3. The van der Waals surface area contributed by atoms with E-state index in [0.717, 1.165) is 0 Å². The smallest absolute Gasteiger partial charge is 0.403 e. The van der Waals surface area contributed by atoms with E-state index in [1.54, 1.807) is 0 Å². The fraction of sp³-hybridized carbons (Fsp3) is 1.00. The molecular weight excluding hydrogens is 322 g/mol. The molecule has 0 aromatic carbocycles. The van der Waals surface area contributed by atoms with Crippen molar-refractivity contribution in [3.8, 4) is 0 Å². The molecule has 2 rings (SSSR count). The van der Waals surface area contributed by atoms with Gasteiger partial charge in [0.05, 0.1) is 27.0 Å². The minimum atomic E-state index is -0.394. The molecule has 0 atom stereocenters. The largest absolute Gasteiger partial charge is 0.470 e. The van der Waals surface area contributed by atoms with E-state index in [1.165, 1.54) is 0 Å². The number of halogens is 1. The van der Waals surface area contributed by atoms with E-state index in [4.69, 9.17) is 18.6 Å². The zero-order valence-electron chi connectivity index (χ0n) is 13.7. The van der Waals surface area contributed by atoms with Crippen molar-refractivity contribution in [3.05, 3.63) is 0 Å². The first-order valence-electron chi connectivity index (χ1n) is 7.14. The summed E-state index contributed by atoms with van der Waals surface area (Å²) in [6.45, 7) is 16.3. The minimum absolute atomic E-state index is 0.176. The monoisotopic (exact) mass is 346 g/mol. The maximum atomic E-state index is 6.05. The van der Waals surface area contributed by atoms with Crippen molar-refractivity contribution in [3.63, 3.8) is 0 Å². The van der Waals surface area contributed by atoms with Crippen molar-refractivity contribution in [2.24, 2.45) is 0 Å². The third kappa shape index (κ3) is 2.60. The Morgan fingerprint density at radius 3 is 1.00 bits per heavy atom. The van der Waals surface area contributed by atoms with Gasteiger partial charge in [-0.3, -0.25) is 0 Å². The third-order valence-corrected chi connectivity index (χ3v) is 5.93. The van der Waals surface area contributed by atoms with Crippen LogP contribution in [-0.4, -0.2) is 41.3 Å². The standard InChI is InChI=1S/C13H25B2BrO4/c1-10(2)11(3,4)18-14(17-10)9(16)15-19-12(5,6)13(7,8)20-15/h9H,1-8H3. The Morgan fingerprint density at radius 2 is 0.800 bits per heavy atom. The van der Waals surface area contributed by atoms with Gasteiger partial charge in [0, 0.05) is 0 Å². The first-order valence-corrected chi connectivity index (χ1v) is 8.06. The third-order valence-electron chi connectivity index (χ3n) is 5.06. The van der Waals surface area contributed by atoms with Gasteiger partial charge in [-0.25, -0.2) is 0 Å². The molecule has 0 saturated carbocycles. The molecule has 0 aromatic heterocycles. The summed E-state index contributed by atoms with van der Waals surface area (Å²) in [6.07, 6.45) is 0. The Labute approximate surface area is 131 Å². The van der Waals surface area contributed by atoms with Crippen LogP contribution in [0.3, 0.4) is 0 Å². The van der Waals surface area contributed by atoms with Gasteiger partial charge in [0.15, 0.2) is 0 Å². The molecule has 114 valence electrons. The van der Waals surface area contributed by atoms with E-state index < -0.39 is 14.2 Å². The van der Waals surface area contributed by atoms with Gasteiger partial charge >= 0.3 is 14.2 Å². The summed E-state index contributed by atoms with van der Waals surface area (Å²) in [5.41, 5.74) is -1.42. The first kappa shape index (κ1) is 16.8. The van der Waals surface area contributed by atoms with E-state index in [9.17, 15) is 0 Å². The predicted molar refractivity (Wildman–Crippen MR) is 84.9 cm³/mol. The molecule has 2 aliphatic heterocycles. The van der Waals surface area contributed by atoms with Crippen LogP contribution in [-0.2, 0) is 18.6 Å². The molecule has 20 heavy (non-hydrogen) atoms. The van der Waals surface area contributed by atoms with Crippen LogP contribution < -0.4 is 0 Å². The fourth-order valence-electron chi connectivity index (χ4n) is 2.17. The fourth-order valence-corrected chi connectivity index (χ4v) is 2.60. The van der Waals surface area contributed by atoms with Crippen molar-refractivity contribution in [2.75, 3.05) is 0 Å².